The van der Waals surface area contributed by atoms with Gasteiger partial charge in [0.1, 0.15) is 13.2 Å². The number of phosphoric ester groups is 1. The molecule has 0 heterocycles. The molecule has 0 saturated heterocycles. The zero-order chi connectivity index (χ0) is 42.1. The van der Waals surface area contributed by atoms with Crippen LogP contribution in [0, 0.1) is 0 Å². The van der Waals surface area contributed by atoms with E-state index in [0.717, 1.165) is 44.9 Å². The number of nitrogens with zero attached hydrogens (tertiary/aromatic N) is 1. The minimum absolute atomic E-state index is 0.0538. The highest BCUT2D eigenvalue weighted by Gasteiger charge is 2.27. The highest BCUT2D eigenvalue weighted by molar-refractivity contribution is 7.47. The van der Waals surface area contributed by atoms with E-state index in [2.05, 4.69) is 55.6 Å². The number of quaternary nitrogens is 1. The molecule has 8 nitrogen and oxygen atoms in total. The van der Waals surface area contributed by atoms with E-state index in [4.69, 9.17) is 9.05 Å². The SMILES string of the molecule is CCCCCC/C=C/CC/C=C/C(O)C(COP(=O)(O)OCC[N+](C)(C)C)NC(=O)CCCCCCCCCCC/C=C\C/C=C\CCCCCCCCCCC. The number of allylic oxidation sites excluding steroid dienone is 7. The van der Waals surface area contributed by atoms with Crippen LogP contribution < -0.4 is 5.32 Å². The molecule has 0 bridgehead atoms. The van der Waals surface area contributed by atoms with Crippen LogP contribution in [0.2, 0.25) is 0 Å². The quantitative estimate of drug-likeness (QED) is 0.0245. The summed E-state index contributed by atoms with van der Waals surface area (Å²) >= 11 is 0. The maximum Gasteiger partial charge on any atom is 0.472 e. The topological polar surface area (TPSA) is 105 Å². The first-order valence-corrected chi connectivity index (χ1v) is 25.0. The summed E-state index contributed by atoms with van der Waals surface area (Å²) in [6.45, 7) is 4.74. The van der Waals surface area contributed by atoms with Crippen LogP contribution in [0.1, 0.15) is 200 Å². The summed E-state index contributed by atoms with van der Waals surface area (Å²) in [4.78, 5) is 23.1. The number of unbranched alkanes of at least 4 members (excludes halogenated alkanes) is 23. The highest BCUT2D eigenvalue weighted by Crippen LogP contribution is 2.43. The van der Waals surface area contributed by atoms with Crippen LogP contribution in [-0.4, -0.2) is 73.4 Å². The summed E-state index contributed by atoms with van der Waals surface area (Å²) in [6, 6.07) is -0.864. The molecule has 0 aromatic heterocycles. The smallest absolute Gasteiger partial charge is 0.387 e. The van der Waals surface area contributed by atoms with Gasteiger partial charge in [-0.3, -0.25) is 13.8 Å². The Morgan fingerprint density at radius 1 is 0.596 bits per heavy atom. The van der Waals surface area contributed by atoms with Crippen LogP contribution in [0.4, 0.5) is 0 Å². The van der Waals surface area contributed by atoms with E-state index >= 15 is 0 Å². The predicted octanol–water partition coefficient (Wildman–Crippen LogP) is 13.2. The van der Waals surface area contributed by atoms with Gasteiger partial charge in [-0.05, 0) is 64.2 Å². The number of carbonyl (C=O) groups excluding carboxylic acids is 1. The van der Waals surface area contributed by atoms with E-state index in [9.17, 15) is 19.4 Å². The molecule has 0 aliphatic rings. The second kappa shape index (κ2) is 39.9. The monoisotopic (exact) mass is 824 g/mol. The van der Waals surface area contributed by atoms with Crippen molar-refractivity contribution in [3.8, 4) is 0 Å². The van der Waals surface area contributed by atoms with Crippen molar-refractivity contribution in [2.75, 3.05) is 40.9 Å². The second-order valence-electron chi connectivity index (χ2n) is 17.1. The molecular weight excluding hydrogens is 732 g/mol. The fourth-order valence-electron chi connectivity index (χ4n) is 6.50. The molecule has 0 spiro atoms. The van der Waals surface area contributed by atoms with E-state index in [1.807, 2.05) is 27.2 Å². The van der Waals surface area contributed by atoms with Crippen LogP contribution >= 0.6 is 7.82 Å². The van der Waals surface area contributed by atoms with Crippen molar-refractivity contribution in [1.29, 1.82) is 0 Å². The molecule has 0 fully saturated rings. The summed E-state index contributed by atoms with van der Waals surface area (Å²) in [5.74, 6) is -0.195. The molecule has 1 amide bonds. The number of hydrogen-bond acceptors (Lipinski definition) is 5. The molecule has 0 aliphatic carbocycles. The third-order valence-corrected chi connectivity index (χ3v) is 11.3. The first kappa shape index (κ1) is 55.5. The van der Waals surface area contributed by atoms with Crippen molar-refractivity contribution >= 4 is 13.7 Å². The number of likely N-dealkylation sites (N-methyl/N-ethyl adjacent to an activating group) is 1. The van der Waals surface area contributed by atoms with Crippen LogP contribution in [-0.2, 0) is 18.4 Å². The average molecular weight is 824 g/mol. The lowest BCUT2D eigenvalue weighted by atomic mass is 10.1. The normalized spacial score (nSPS) is 14.7. The van der Waals surface area contributed by atoms with Crippen LogP contribution in [0.15, 0.2) is 48.6 Å². The summed E-state index contributed by atoms with van der Waals surface area (Å²) in [5, 5.41) is 13.8. The maximum atomic E-state index is 12.9. The Morgan fingerprint density at radius 3 is 1.53 bits per heavy atom. The lowest BCUT2D eigenvalue weighted by Gasteiger charge is -2.25. The highest BCUT2D eigenvalue weighted by atomic mass is 31.2. The van der Waals surface area contributed by atoms with Gasteiger partial charge in [-0.2, -0.15) is 0 Å². The maximum absolute atomic E-state index is 12.9. The molecule has 9 heteroatoms. The van der Waals surface area contributed by atoms with Crippen molar-refractivity contribution in [3.05, 3.63) is 48.6 Å². The van der Waals surface area contributed by atoms with Crippen molar-refractivity contribution < 1.29 is 32.9 Å². The Balaban J connectivity index is 4.23. The zero-order valence-electron chi connectivity index (χ0n) is 37.8. The van der Waals surface area contributed by atoms with Crippen molar-refractivity contribution in [3.63, 3.8) is 0 Å². The zero-order valence-corrected chi connectivity index (χ0v) is 38.7. The molecule has 3 N–H and O–H groups in total. The van der Waals surface area contributed by atoms with Crippen LogP contribution in [0.5, 0.6) is 0 Å². The Labute approximate surface area is 352 Å². The summed E-state index contributed by atoms with van der Waals surface area (Å²) in [6.07, 6.45) is 50.6. The number of amides is 1. The molecule has 0 radical (unpaired) electrons. The first-order chi connectivity index (χ1) is 27.5. The minimum Gasteiger partial charge on any atom is -0.387 e. The number of rotatable bonds is 42. The van der Waals surface area contributed by atoms with Gasteiger partial charge in [0, 0.05) is 6.42 Å². The minimum atomic E-state index is -4.34. The summed E-state index contributed by atoms with van der Waals surface area (Å²) in [7, 11) is 1.55. The third kappa shape index (κ3) is 42.4. The van der Waals surface area contributed by atoms with Gasteiger partial charge in [0.25, 0.3) is 0 Å². The Morgan fingerprint density at radius 2 is 1.02 bits per heavy atom. The van der Waals surface area contributed by atoms with E-state index in [0.29, 0.717) is 17.4 Å². The lowest BCUT2D eigenvalue weighted by molar-refractivity contribution is -0.870. The van der Waals surface area contributed by atoms with E-state index in [-0.39, 0.29) is 19.1 Å². The van der Waals surface area contributed by atoms with Crippen LogP contribution in [0.25, 0.3) is 0 Å². The molecule has 334 valence electrons. The number of aliphatic hydroxyl groups is 1. The fourth-order valence-corrected chi connectivity index (χ4v) is 7.23. The predicted molar refractivity (Wildman–Crippen MR) is 244 cm³/mol. The van der Waals surface area contributed by atoms with Crippen molar-refractivity contribution in [1.82, 2.24) is 5.32 Å². The molecular formula is C48H92N2O6P+. The summed E-state index contributed by atoms with van der Waals surface area (Å²) in [5.41, 5.74) is 0. The number of nitrogens with one attached hydrogen (secondary N) is 1. The van der Waals surface area contributed by atoms with E-state index in [1.165, 1.54) is 135 Å². The van der Waals surface area contributed by atoms with Crippen molar-refractivity contribution in [2.45, 2.75) is 212 Å². The fraction of sp³-hybridized carbons (Fsp3) is 0.812. The van der Waals surface area contributed by atoms with E-state index in [1.54, 1.807) is 6.08 Å². The lowest BCUT2D eigenvalue weighted by Crippen LogP contribution is -2.45. The van der Waals surface area contributed by atoms with E-state index < -0.39 is 20.0 Å². The second-order valence-corrected chi connectivity index (χ2v) is 18.6. The third-order valence-electron chi connectivity index (χ3n) is 10.3. The molecule has 3 atom stereocenters. The van der Waals surface area contributed by atoms with Gasteiger partial charge in [0.2, 0.25) is 5.91 Å². The molecule has 0 aromatic carbocycles. The van der Waals surface area contributed by atoms with Crippen molar-refractivity contribution in [2.24, 2.45) is 0 Å². The van der Waals surface area contributed by atoms with Gasteiger partial charge >= 0.3 is 7.82 Å². The molecule has 0 aliphatic heterocycles. The van der Waals surface area contributed by atoms with Gasteiger partial charge in [0.05, 0.1) is 39.9 Å². The Hall–Kier alpha value is -1.54. The molecule has 0 saturated carbocycles. The number of phosphoric acid groups is 1. The first-order valence-electron chi connectivity index (χ1n) is 23.5. The standard InChI is InChI=1S/C48H91N2O6P/c1-6-8-10-12-14-16-18-19-20-21-22-23-24-25-26-27-28-29-30-31-32-34-36-38-40-42-48(52)49-46(45-56-57(53,54)55-44-43-50(3,4)5)47(51)41-39-37-35-33-17-15-13-11-9-7-2/h17,22-23,25-26,33,39,41,46-47,51H,6-16,18-21,24,27-32,34-38,40,42-45H2,1-5H3,(H-,49,52,53,54)/p+1/b23-22-,26-25-,33-17+,41-39+. The van der Waals surface area contributed by atoms with Gasteiger partial charge in [-0.15, -0.1) is 0 Å². The number of aliphatic hydroxyl groups excluding tert-OH is 1. The molecule has 0 aromatic rings. The number of carbonyl (C=O) groups is 1. The van der Waals surface area contributed by atoms with Gasteiger partial charge in [-0.25, -0.2) is 4.57 Å². The molecule has 3 unspecified atom stereocenters. The van der Waals surface area contributed by atoms with Crippen LogP contribution in [0.3, 0.4) is 0 Å². The van der Waals surface area contributed by atoms with Gasteiger partial charge in [-0.1, -0.05) is 178 Å². The number of hydrogen-bond donors (Lipinski definition) is 3. The van der Waals surface area contributed by atoms with Gasteiger partial charge in [0.15, 0.2) is 0 Å². The van der Waals surface area contributed by atoms with Gasteiger partial charge < -0.3 is 19.8 Å². The Kier molecular flexibility index (Phi) is 38.8. The summed E-state index contributed by atoms with van der Waals surface area (Å²) < 4.78 is 23.5. The Bertz CT molecular complexity index is 1070. The largest absolute Gasteiger partial charge is 0.472 e. The molecule has 0 rings (SSSR count). The molecule has 57 heavy (non-hydrogen) atoms. The average Bonchev–Trinajstić information content (AvgIpc) is 3.16.